The van der Waals surface area contributed by atoms with Crippen molar-refractivity contribution < 1.29 is 18.0 Å². The lowest BCUT2D eigenvalue weighted by Crippen LogP contribution is -2.54. The van der Waals surface area contributed by atoms with Crippen LogP contribution in [0.15, 0.2) is 18.2 Å². The number of imidazole rings is 1. The van der Waals surface area contributed by atoms with E-state index in [1.54, 1.807) is 23.4 Å². The van der Waals surface area contributed by atoms with Crippen LogP contribution >= 0.6 is 11.3 Å². The third-order valence-corrected chi connectivity index (χ3v) is 9.04. The molecular formula is C27H32F3N9OS. The number of carbonyl (C=O) groups is 1. The predicted octanol–water partition coefficient (Wildman–Crippen LogP) is 4.12. The predicted molar refractivity (Wildman–Crippen MR) is 150 cm³/mol. The number of aromatic nitrogens is 6. The van der Waals surface area contributed by atoms with Gasteiger partial charge < -0.3 is 20.1 Å². The number of thiazole rings is 1. The van der Waals surface area contributed by atoms with Crippen molar-refractivity contribution in [1.82, 2.24) is 39.9 Å². The number of aryl methyl sites for hydroxylation is 2. The first-order valence-electron chi connectivity index (χ1n) is 13.8. The maximum absolute atomic E-state index is 13.8. The fourth-order valence-corrected chi connectivity index (χ4v) is 6.76. The first-order chi connectivity index (χ1) is 19.6. The summed E-state index contributed by atoms with van der Waals surface area (Å²) in [5.41, 5.74) is 2.86. The van der Waals surface area contributed by atoms with Gasteiger partial charge in [0, 0.05) is 25.7 Å². The number of alkyl halides is 3. The zero-order chi connectivity index (χ0) is 28.9. The summed E-state index contributed by atoms with van der Waals surface area (Å²) in [6, 6.07) is 5.82. The number of hydrogen-bond acceptors (Lipinski definition) is 8. The van der Waals surface area contributed by atoms with Crippen LogP contribution < -0.4 is 10.2 Å². The van der Waals surface area contributed by atoms with E-state index in [0.717, 1.165) is 31.4 Å². The molecule has 3 aromatic heterocycles. The van der Waals surface area contributed by atoms with Crippen molar-refractivity contribution in [2.75, 3.05) is 37.6 Å². The lowest BCUT2D eigenvalue weighted by atomic mass is 9.90. The van der Waals surface area contributed by atoms with Gasteiger partial charge in [-0.2, -0.15) is 18.3 Å². The zero-order valence-corrected chi connectivity index (χ0v) is 23.9. The Bertz CT molecular complexity index is 1570. The maximum atomic E-state index is 13.8. The zero-order valence-electron chi connectivity index (χ0n) is 23.1. The van der Waals surface area contributed by atoms with Crippen molar-refractivity contribution in [3.05, 3.63) is 40.4 Å². The largest absolute Gasteiger partial charge is 0.443 e. The third kappa shape index (κ3) is 5.54. The van der Waals surface area contributed by atoms with Crippen molar-refractivity contribution in [3.8, 4) is 11.5 Å². The Labute approximate surface area is 239 Å². The van der Waals surface area contributed by atoms with Crippen LogP contribution in [0.25, 0.3) is 22.6 Å². The fraction of sp³-hybridized carbons (Fsp3) is 0.519. The molecule has 1 unspecified atom stereocenters. The number of anilines is 1. The maximum Gasteiger partial charge on any atom is 0.443 e. The molecule has 0 saturated carbocycles. The van der Waals surface area contributed by atoms with Gasteiger partial charge in [-0.1, -0.05) is 17.4 Å². The Kier molecular flexibility index (Phi) is 7.22. The summed E-state index contributed by atoms with van der Waals surface area (Å²) >= 11 is 0.620. The summed E-state index contributed by atoms with van der Waals surface area (Å²) in [6.07, 6.45) is -2.49. The molecule has 14 heteroatoms. The second kappa shape index (κ2) is 10.7. The number of piperazine rings is 1. The minimum absolute atomic E-state index is 0.0688. The van der Waals surface area contributed by atoms with Gasteiger partial charge in [0.05, 0.1) is 11.0 Å². The van der Waals surface area contributed by atoms with Gasteiger partial charge in [-0.3, -0.25) is 4.79 Å². The number of nitrogens with one attached hydrogen (secondary N) is 2. The van der Waals surface area contributed by atoms with E-state index in [2.05, 4.69) is 42.5 Å². The second-order valence-electron chi connectivity index (χ2n) is 10.8. The van der Waals surface area contributed by atoms with Crippen LogP contribution in [0.2, 0.25) is 0 Å². The number of piperidine rings is 1. The Morgan fingerprint density at radius 2 is 1.90 bits per heavy atom. The number of benzene rings is 1. The SMILES string of the molecule is Cc1nc(C)n(CC(=O)N2CCN(c3sc(C(F)(F)F)nc3-c3nc4ccc(C5CCNCC5)cc4[nH]3)CC2C)n1. The van der Waals surface area contributed by atoms with E-state index < -0.39 is 11.2 Å². The minimum Gasteiger partial charge on any atom is -0.358 e. The second-order valence-corrected chi connectivity index (χ2v) is 11.8. The lowest BCUT2D eigenvalue weighted by Gasteiger charge is -2.40. The van der Waals surface area contributed by atoms with E-state index in [1.807, 2.05) is 17.9 Å². The summed E-state index contributed by atoms with van der Waals surface area (Å²) in [6.45, 7) is 8.58. The molecule has 41 heavy (non-hydrogen) atoms. The quantitative estimate of drug-likeness (QED) is 0.362. The monoisotopic (exact) mass is 587 g/mol. The summed E-state index contributed by atoms with van der Waals surface area (Å²) in [5, 5.41) is 7.13. The van der Waals surface area contributed by atoms with Crippen molar-refractivity contribution in [2.24, 2.45) is 0 Å². The van der Waals surface area contributed by atoms with E-state index in [-0.39, 0.29) is 24.2 Å². The van der Waals surface area contributed by atoms with Gasteiger partial charge >= 0.3 is 6.18 Å². The van der Waals surface area contributed by atoms with Crippen LogP contribution in [0, 0.1) is 13.8 Å². The molecule has 2 aliphatic rings. The van der Waals surface area contributed by atoms with E-state index in [0.29, 0.717) is 64.9 Å². The van der Waals surface area contributed by atoms with Crippen molar-refractivity contribution in [3.63, 3.8) is 0 Å². The standard InChI is InChI=1S/C27H32F3N9OS/c1-15-13-37(10-11-38(15)22(40)14-39-17(3)32-16(2)36-39)25-23(35-26(41-25)27(28,29)30)24-33-20-5-4-19(12-21(20)34-24)18-6-8-31-9-7-18/h4-5,12,15,18,31H,6-11,13-14H2,1-3H3,(H,33,34). The molecule has 0 bridgehead atoms. The number of aromatic amines is 1. The highest BCUT2D eigenvalue weighted by Crippen LogP contribution is 2.43. The van der Waals surface area contributed by atoms with Crippen molar-refractivity contribution in [2.45, 2.75) is 58.3 Å². The molecule has 2 N–H and O–H groups in total. The van der Waals surface area contributed by atoms with E-state index in [4.69, 9.17) is 0 Å². The highest BCUT2D eigenvalue weighted by atomic mass is 32.1. The van der Waals surface area contributed by atoms with Crippen LogP contribution in [-0.4, -0.2) is 79.3 Å². The molecule has 0 radical (unpaired) electrons. The van der Waals surface area contributed by atoms with Crippen LogP contribution in [0.3, 0.4) is 0 Å². The first-order valence-corrected chi connectivity index (χ1v) is 14.6. The number of halogens is 3. The highest BCUT2D eigenvalue weighted by Gasteiger charge is 2.39. The van der Waals surface area contributed by atoms with Crippen LogP contribution in [0.1, 0.15) is 47.9 Å². The van der Waals surface area contributed by atoms with Gasteiger partial charge in [-0.25, -0.2) is 19.6 Å². The molecule has 1 atom stereocenters. The Balaban J connectivity index is 1.26. The van der Waals surface area contributed by atoms with Gasteiger partial charge in [0.15, 0.2) is 5.82 Å². The smallest absolute Gasteiger partial charge is 0.358 e. The Hall–Kier alpha value is -3.52. The number of H-pyrrole nitrogens is 1. The molecule has 6 rings (SSSR count). The summed E-state index contributed by atoms with van der Waals surface area (Å²) < 4.78 is 43.1. The number of carbonyl (C=O) groups excluding carboxylic acids is 1. The summed E-state index contributed by atoms with van der Waals surface area (Å²) in [5.74, 6) is 1.90. The Morgan fingerprint density at radius 3 is 2.59 bits per heavy atom. The molecule has 0 spiro atoms. The molecule has 1 aromatic carbocycles. The molecule has 0 aliphatic carbocycles. The number of amides is 1. The van der Waals surface area contributed by atoms with Gasteiger partial charge in [-0.15, -0.1) is 0 Å². The van der Waals surface area contributed by atoms with Crippen molar-refractivity contribution in [1.29, 1.82) is 0 Å². The Morgan fingerprint density at radius 1 is 1.12 bits per heavy atom. The summed E-state index contributed by atoms with van der Waals surface area (Å²) in [7, 11) is 0. The van der Waals surface area contributed by atoms with E-state index in [1.165, 1.54) is 5.56 Å². The third-order valence-electron chi connectivity index (χ3n) is 7.88. The minimum atomic E-state index is -4.58. The molecular weight excluding hydrogens is 555 g/mol. The number of hydrogen-bond donors (Lipinski definition) is 2. The molecule has 2 fully saturated rings. The van der Waals surface area contributed by atoms with Gasteiger partial charge in [0.1, 0.15) is 28.9 Å². The molecule has 4 aromatic rings. The fourth-order valence-electron chi connectivity index (χ4n) is 5.79. The number of fused-ring (bicyclic) bond motifs is 1. The molecule has 10 nitrogen and oxygen atoms in total. The van der Waals surface area contributed by atoms with Crippen LogP contribution in [0.4, 0.5) is 18.2 Å². The van der Waals surface area contributed by atoms with E-state index >= 15 is 0 Å². The normalized spacial score (nSPS) is 18.9. The molecule has 2 saturated heterocycles. The molecule has 218 valence electrons. The topological polar surface area (TPSA) is 108 Å². The first kappa shape index (κ1) is 27.6. The van der Waals surface area contributed by atoms with Gasteiger partial charge in [-0.05, 0) is 70.3 Å². The molecule has 5 heterocycles. The van der Waals surface area contributed by atoms with Crippen LogP contribution in [0.5, 0.6) is 0 Å². The highest BCUT2D eigenvalue weighted by molar-refractivity contribution is 7.16. The number of rotatable bonds is 5. The number of nitrogens with zero attached hydrogens (tertiary/aromatic N) is 7. The average Bonchev–Trinajstić information content (AvgIpc) is 3.64. The van der Waals surface area contributed by atoms with Crippen LogP contribution in [-0.2, 0) is 17.5 Å². The molecule has 1 amide bonds. The van der Waals surface area contributed by atoms with Gasteiger partial charge in [0.2, 0.25) is 10.9 Å². The summed E-state index contributed by atoms with van der Waals surface area (Å²) in [4.78, 5) is 32.9. The molecule has 2 aliphatic heterocycles. The van der Waals surface area contributed by atoms with E-state index in [9.17, 15) is 18.0 Å². The van der Waals surface area contributed by atoms with Gasteiger partial charge in [0.25, 0.3) is 0 Å². The average molecular weight is 588 g/mol. The van der Waals surface area contributed by atoms with Crippen molar-refractivity contribution >= 4 is 33.3 Å². The lowest BCUT2D eigenvalue weighted by molar-refractivity contribution is -0.137.